The van der Waals surface area contributed by atoms with Crippen LogP contribution < -0.4 is 10.6 Å². The summed E-state index contributed by atoms with van der Waals surface area (Å²) in [5.41, 5.74) is 3.48. The highest BCUT2D eigenvalue weighted by Crippen LogP contribution is 2.27. The van der Waals surface area contributed by atoms with Gasteiger partial charge in [0, 0.05) is 23.2 Å². The van der Waals surface area contributed by atoms with E-state index in [1.54, 1.807) is 0 Å². The maximum absolute atomic E-state index is 12.7. The minimum Gasteiger partial charge on any atom is -0.349 e. The van der Waals surface area contributed by atoms with E-state index in [2.05, 4.69) is 24.5 Å². The molecule has 2 saturated carbocycles. The number of carbonyl (C=O) groups is 2. The van der Waals surface area contributed by atoms with Gasteiger partial charge in [-0.15, -0.1) is 0 Å². The Labute approximate surface area is 217 Å². The van der Waals surface area contributed by atoms with Crippen LogP contribution in [0.5, 0.6) is 0 Å². The van der Waals surface area contributed by atoms with Crippen molar-refractivity contribution in [3.8, 4) is 0 Å². The maximum Gasteiger partial charge on any atom is 0.251 e. The van der Waals surface area contributed by atoms with Gasteiger partial charge in [0.15, 0.2) is 0 Å². The third kappa shape index (κ3) is 7.32. The summed E-state index contributed by atoms with van der Waals surface area (Å²) in [5, 5.41) is 6.40. The molecule has 0 spiro atoms. The molecular weight excluding hydrogens is 444 g/mol. The highest BCUT2D eigenvalue weighted by atomic mass is 16.2. The van der Waals surface area contributed by atoms with Gasteiger partial charge >= 0.3 is 0 Å². The van der Waals surface area contributed by atoms with Gasteiger partial charge in [0.05, 0.1) is 0 Å². The van der Waals surface area contributed by atoms with E-state index in [4.69, 9.17) is 0 Å². The topological polar surface area (TPSA) is 58.2 Å². The molecule has 192 valence electrons. The maximum atomic E-state index is 12.7. The number of rotatable bonds is 8. The van der Waals surface area contributed by atoms with Gasteiger partial charge in [0.1, 0.15) is 0 Å². The summed E-state index contributed by atoms with van der Waals surface area (Å²) in [4.78, 5) is 25.3. The van der Waals surface area contributed by atoms with Crippen LogP contribution in [0.25, 0.3) is 12.2 Å². The van der Waals surface area contributed by atoms with Crippen LogP contribution in [0, 0.1) is 11.8 Å². The summed E-state index contributed by atoms with van der Waals surface area (Å²) in [6.45, 7) is 4.27. The van der Waals surface area contributed by atoms with E-state index < -0.39 is 0 Å². The molecule has 0 heterocycles. The van der Waals surface area contributed by atoms with Gasteiger partial charge in [0.25, 0.3) is 11.8 Å². The molecule has 2 fully saturated rings. The van der Waals surface area contributed by atoms with Gasteiger partial charge in [-0.05, 0) is 86.8 Å². The Morgan fingerprint density at radius 1 is 0.611 bits per heavy atom. The summed E-state index contributed by atoms with van der Waals surface area (Å²) in [5.74, 6) is 1.22. The first-order valence-electron chi connectivity index (χ1n) is 14.0. The fraction of sp³-hybridized carbons (Fsp3) is 0.500. The van der Waals surface area contributed by atoms with E-state index in [0.717, 1.165) is 11.1 Å². The zero-order valence-corrected chi connectivity index (χ0v) is 22.0. The second-order valence-electron chi connectivity index (χ2n) is 10.9. The lowest BCUT2D eigenvalue weighted by molar-refractivity contribution is 0.0911. The lowest BCUT2D eigenvalue weighted by atomic mass is 9.84. The monoisotopic (exact) mass is 486 g/mol. The number of benzene rings is 2. The highest BCUT2D eigenvalue weighted by molar-refractivity contribution is 5.95. The molecule has 2 atom stereocenters. The molecular formula is C32H42N2O2. The van der Waals surface area contributed by atoms with Crippen molar-refractivity contribution in [3.63, 3.8) is 0 Å². The van der Waals surface area contributed by atoms with Crippen LogP contribution in [0.15, 0.2) is 48.5 Å². The number of amides is 2. The molecule has 4 heteroatoms. The van der Waals surface area contributed by atoms with Crippen LogP contribution in [-0.2, 0) is 0 Å². The third-order valence-electron chi connectivity index (χ3n) is 8.25. The number of nitrogens with one attached hydrogen (secondary N) is 2. The van der Waals surface area contributed by atoms with Gasteiger partial charge in [-0.3, -0.25) is 9.59 Å². The summed E-state index contributed by atoms with van der Waals surface area (Å²) >= 11 is 0. The Bertz CT molecular complexity index is 930. The highest BCUT2D eigenvalue weighted by Gasteiger charge is 2.23. The first-order chi connectivity index (χ1) is 17.5. The largest absolute Gasteiger partial charge is 0.349 e. The Kier molecular flexibility index (Phi) is 9.38. The summed E-state index contributed by atoms with van der Waals surface area (Å²) in [6.07, 6.45) is 16.7. The molecule has 2 N–H and O–H groups in total. The van der Waals surface area contributed by atoms with Crippen molar-refractivity contribution >= 4 is 24.0 Å². The fourth-order valence-electron chi connectivity index (χ4n) is 5.77. The number of hydrogen-bond donors (Lipinski definition) is 2. The molecule has 4 nitrogen and oxygen atoms in total. The Balaban J connectivity index is 1.27. The molecule has 0 unspecified atom stereocenters. The third-order valence-corrected chi connectivity index (χ3v) is 8.25. The molecule has 0 radical (unpaired) electrons. The smallest absolute Gasteiger partial charge is 0.251 e. The molecule has 0 saturated heterocycles. The van der Waals surface area contributed by atoms with Crippen LogP contribution >= 0.6 is 0 Å². The SMILES string of the molecule is C[C@@H](NC(=O)c1ccc(/C=C/c2ccc(C(=O)N[C@H](C)C3CCCCC3)cc2)cc1)C1CCCCC1. The zero-order valence-electron chi connectivity index (χ0n) is 22.0. The van der Waals surface area contributed by atoms with Crippen LogP contribution in [-0.4, -0.2) is 23.9 Å². The van der Waals surface area contributed by atoms with Crippen LogP contribution in [0.4, 0.5) is 0 Å². The van der Waals surface area contributed by atoms with Crippen LogP contribution in [0.2, 0.25) is 0 Å². The summed E-state index contributed by atoms with van der Waals surface area (Å²) < 4.78 is 0. The van der Waals surface area contributed by atoms with Gasteiger partial charge in [-0.1, -0.05) is 74.9 Å². The lowest BCUT2D eigenvalue weighted by Gasteiger charge is -2.28. The molecule has 2 aliphatic carbocycles. The molecule has 2 aromatic rings. The van der Waals surface area contributed by atoms with E-state index in [1.807, 2.05) is 60.7 Å². The minimum absolute atomic E-state index is 0.00951. The summed E-state index contributed by atoms with van der Waals surface area (Å²) in [7, 11) is 0. The molecule has 0 aromatic heterocycles. The van der Waals surface area contributed by atoms with Crippen molar-refractivity contribution in [2.75, 3.05) is 0 Å². The van der Waals surface area contributed by atoms with E-state index in [9.17, 15) is 9.59 Å². The quantitative estimate of drug-likeness (QED) is 0.386. The van der Waals surface area contributed by atoms with Crippen LogP contribution in [0.1, 0.15) is 110 Å². The van der Waals surface area contributed by atoms with Crippen molar-refractivity contribution in [3.05, 3.63) is 70.8 Å². The van der Waals surface area contributed by atoms with Crippen molar-refractivity contribution < 1.29 is 9.59 Å². The summed E-state index contributed by atoms with van der Waals surface area (Å²) in [6, 6.07) is 15.9. The second kappa shape index (κ2) is 12.9. The van der Waals surface area contributed by atoms with Gasteiger partial charge in [-0.2, -0.15) is 0 Å². The van der Waals surface area contributed by atoms with Gasteiger partial charge in [0.2, 0.25) is 0 Å². The standard InChI is InChI=1S/C32H42N2O2/c1-23(27-9-5-3-6-10-27)33-31(35)29-19-15-25(16-20-29)13-14-26-17-21-30(22-18-26)32(36)34-24(2)28-11-7-4-8-12-28/h13-24,27-28H,3-12H2,1-2H3,(H,33,35)(H,34,36)/b14-13+/t23-,24-/m1/s1. The molecule has 2 aromatic carbocycles. The molecule has 2 amide bonds. The van der Waals surface area contributed by atoms with Crippen molar-refractivity contribution in [1.29, 1.82) is 0 Å². The molecule has 2 aliphatic rings. The van der Waals surface area contributed by atoms with Crippen LogP contribution in [0.3, 0.4) is 0 Å². The van der Waals surface area contributed by atoms with Gasteiger partial charge < -0.3 is 10.6 Å². The molecule has 0 bridgehead atoms. The van der Waals surface area contributed by atoms with Crippen molar-refractivity contribution in [1.82, 2.24) is 10.6 Å². The molecule has 36 heavy (non-hydrogen) atoms. The zero-order chi connectivity index (χ0) is 25.3. The van der Waals surface area contributed by atoms with Crippen molar-refractivity contribution in [2.24, 2.45) is 11.8 Å². The van der Waals surface area contributed by atoms with E-state index >= 15 is 0 Å². The Morgan fingerprint density at radius 3 is 1.28 bits per heavy atom. The van der Waals surface area contributed by atoms with Gasteiger partial charge in [-0.25, -0.2) is 0 Å². The normalized spacial score (nSPS) is 19.1. The minimum atomic E-state index is 0.00951. The fourth-order valence-corrected chi connectivity index (χ4v) is 5.77. The van der Waals surface area contributed by atoms with E-state index in [-0.39, 0.29) is 23.9 Å². The van der Waals surface area contributed by atoms with E-state index in [1.165, 1.54) is 64.2 Å². The Morgan fingerprint density at radius 2 is 0.944 bits per heavy atom. The Hall–Kier alpha value is -2.88. The first-order valence-corrected chi connectivity index (χ1v) is 14.0. The number of hydrogen-bond acceptors (Lipinski definition) is 2. The molecule has 4 rings (SSSR count). The molecule has 0 aliphatic heterocycles. The predicted molar refractivity (Wildman–Crippen MR) is 149 cm³/mol. The predicted octanol–water partition coefficient (Wildman–Crippen LogP) is 7.25. The van der Waals surface area contributed by atoms with Crippen molar-refractivity contribution in [2.45, 2.75) is 90.1 Å². The lowest BCUT2D eigenvalue weighted by Crippen LogP contribution is -2.38. The number of carbonyl (C=O) groups excluding carboxylic acids is 2. The average Bonchev–Trinajstić information content (AvgIpc) is 2.93. The second-order valence-corrected chi connectivity index (χ2v) is 10.9. The average molecular weight is 487 g/mol. The first kappa shape index (κ1) is 26.2. The van der Waals surface area contributed by atoms with E-state index in [0.29, 0.717) is 23.0 Å².